The average Bonchev–Trinajstić information content (AvgIpc) is 2.25. The second kappa shape index (κ2) is 6.00. The number of halogens is 1. The first kappa shape index (κ1) is 13.2. The van der Waals surface area contributed by atoms with Crippen molar-refractivity contribution in [2.75, 3.05) is 18.5 Å². The van der Waals surface area contributed by atoms with Gasteiger partial charge in [-0.05, 0) is 18.2 Å². The Balaban J connectivity index is 2.70. The van der Waals surface area contributed by atoms with E-state index in [0.717, 1.165) is 4.47 Å². The number of hydrogen-bond acceptors (Lipinski definition) is 3. The SMILES string of the molecule is CNC(=O)CCS(=O)c1ccc(Br)cc1N. The van der Waals surface area contributed by atoms with Crippen molar-refractivity contribution in [1.29, 1.82) is 0 Å². The molecule has 4 nitrogen and oxygen atoms in total. The van der Waals surface area contributed by atoms with E-state index in [1.54, 1.807) is 25.2 Å². The van der Waals surface area contributed by atoms with Gasteiger partial charge in [0.15, 0.2) is 0 Å². The number of nitrogens with one attached hydrogen (secondary N) is 1. The van der Waals surface area contributed by atoms with Crippen molar-refractivity contribution < 1.29 is 9.00 Å². The van der Waals surface area contributed by atoms with Crippen LogP contribution in [-0.2, 0) is 15.6 Å². The van der Waals surface area contributed by atoms with Gasteiger partial charge < -0.3 is 11.1 Å². The van der Waals surface area contributed by atoms with E-state index in [9.17, 15) is 9.00 Å². The molecule has 1 aromatic rings. The second-order valence-corrected chi connectivity index (χ2v) is 5.61. The van der Waals surface area contributed by atoms with Gasteiger partial charge in [0.05, 0.1) is 15.7 Å². The van der Waals surface area contributed by atoms with Crippen LogP contribution in [-0.4, -0.2) is 22.9 Å². The van der Waals surface area contributed by atoms with Crippen molar-refractivity contribution in [3.8, 4) is 0 Å². The van der Waals surface area contributed by atoms with Crippen LogP contribution in [0.15, 0.2) is 27.6 Å². The van der Waals surface area contributed by atoms with Crippen LogP contribution in [0.4, 0.5) is 5.69 Å². The van der Waals surface area contributed by atoms with Gasteiger partial charge in [0.25, 0.3) is 0 Å². The predicted octanol–water partition coefficient (Wildman–Crippen LogP) is 1.27. The Bertz CT molecular complexity index is 423. The number of nitrogen functional groups attached to an aromatic ring is 1. The molecule has 0 fully saturated rings. The van der Waals surface area contributed by atoms with Gasteiger partial charge in [-0.25, -0.2) is 0 Å². The summed E-state index contributed by atoms with van der Waals surface area (Å²) in [7, 11) is 0.323. The Labute approximate surface area is 105 Å². The Morgan fingerprint density at radius 1 is 1.56 bits per heavy atom. The van der Waals surface area contributed by atoms with E-state index in [4.69, 9.17) is 5.73 Å². The van der Waals surface area contributed by atoms with Crippen LogP contribution in [0.3, 0.4) is 0 Å². The Hall–Kier alpha value is -0.880. The van der Waals surface area contributed by atoms with E-state index in [0.29, 0.717) is 10.6 Å². The summed E-state index contributed by atoms with van der Waals surface area (Å²) in [6.45, 7) is 0. The number of rotatable bonds is 4. The minimum atomic E-state index is -1.23. The maximum Gasteiger partial charge on any atom is 0.220 e. The van der Waals surface area contributed by atoms with E-state index in [1.165, 1.54) is 0 Å². The quantitative estimate of drug-likeness (QED) is 0.823. The highest BCUT2D eigenvalue weighted by Crippen LogP contribution is 2.21. The minimum Gasteiger partial charge on any atom is -0.398 e. The van der Waals surface area contributed by atoms with Gasteiger partial charge in [0, 0.05) is 29.4 Å². The van der Waals surface area contributed by atoms with Crippen LogP contribution < -0.4 is 11.1 Å². The molecule has 1 rings (SSSR count). The second-order valence-electron chi connectivity index (χ2n) is 3.15. The number of nitrogens with two attached hydrogens (primary N) is 1. The smallest absolute Gasteiger partial charge is 0.220 e. The Morgan fingerprint density at radius 3 is 2.81 bits per heavy atom. The summed E-state index contributed by atoms with van der Waals surface area (Å²) in [6.07, 6.45) is 0.235. The van der Waals surface area contributed by atoms with E-state index >= 15 is 0 Å². The van der Waals surface area contributed by atoms with Crippen LogP contribution in [0.1, 0.15) is 6.42 Å². The number of carbonyl (C=O) groups is 1. The fourth-order valence-electron chi connectivity index (χ4n) is 1.15. The summed E-state index contributed by atoms with van der Waals surface area (Å²) in [5.74, 6) is 0.162. The zero-order valence-corrected chi connectivity index (χ0v) is 11.2. The lowest BCUT2D eigenvalue weighted by Gasteiger charge is -2.05. The molecule has 88 valence electrons. The molecule has 0 spiro atoms. The molecule has 0 heterocycles. The monoisotopic (exact) mass is 304 g/mol. The lowest BCUT2D eigenvalue weighted by Crippen LogP contribution is -2.20. The molecule has 0 radical (unpaired) electrons. The summed E-state index contributed by atoms with van der Waals surface area (Å²) in [4.78, 5) is 11.6. The highest BCUT2D eigenvalue weighted by atomic mass is 79.9. The number of amides is 1. The third-order valence-electron chi connectivity index (χ3n) is 2.01. The fraction of sp³-hybridized carbons (Fsp3) is 0.300. The van der Waals surface area contributed by atoms with E-state index < -0.39 is 10.8 Å². The maximum absolute atomic E-state index is 11.8. The topological polar surface area (TPSA) is 72.2 Å². The van der Waals surface area contributed by atoms with E-state index in [-0.39, 0.29) is 18.1 Å². The van der Waals surface area contributed by atoms with E-state index in [1.807, 2.05) is 0 Å². The molecule has 1 unspecified atom stereocenters. The number of benzene rings is 1. The molecule has 0 saturated carbocycles. The third-order valence-corrected chi connectivity index (χ3v) is 3.94. The maximum atomic E-state index is 11.8. The molecule has 0 aliphatic carbocycles. The van der Waals surface area contributed by atoms with Crippen molar-refractivity contribution in [3.63, 3.8) is 0 Å². The van der Waals surface area contributed by atoms with Crippen molar-refractivity contribution in [2.45, 2.75) is 11.3 Å². The lowest BCUT2D eigenvalue weighted by molar-refractivity contribution is -0.120. The van der Waals surface area contributed by atoms with Crippen LogP contribution in [0, 0.1) is 0 Å². The number of hydrogen-bond donors (Lipinski definition) is 2. The summed E-state index contributed by atoms with van der Waals surface area (Å²) in [5, 5.41) is 2.48. The van der Waals surface area contributed by atoms with Crippen LogP contribution in [0.2, 0.25) is 0 Å². The zero-order valence-electron chi connectivity index (χ0n) is 8.83. The lowest BCUT2D eigenvalue weighted by atomic mass is 10.3. The standard InChI is InChI=1S/C10H13BrN2O2S/c1-13-10(14)4-5-16(15)9-3-2-7(11)6-8(9)12/h2-3,6H,4-5,12H2,1H3,(H,13,14). The third kappa shape index (κ3) is 3.61. The fourth-order valence-corrected chi connectivity index (χ4v) is 2.66. The molecule has 0 bridgehead atoms. The molecule has 1 aromatic carbocycles. The summed E-state index contributed by atoms with van der Waals surface area (Å²) >= 11 is 3.28. The van der Waals surface area contributed by atoms with Crippen molar-refractivity contribution >= 4 is 38.3 Å². The Morgan fingerprint density at radius 2 is 2.25 bits per heavy atom. The molecule has 1 atom stereocenters. The van der Waals surface area contributed by atoms with Crippen LogP contribution >= 0.6 is 15.9 Å². The molecule has 0 saturated heterocycles. The van der Waals surface area contributed by atoms with Gasteiger partial charge in [0.1, 0.15) is 0 Å². The first-order chi connectivity index (χ1) is 7.54. The van der Waals surface area contributed by atoms with Gasteiger partial charge in [0.2, 0.25) is 5.91 Å². The summed E-state index contributed by atoms with van der Waals surface area (Å²) in [6, 6.07) is 5.19. The van der Waals surface area contributed by atoms with Crippen molar-refractivity contribution in [1.82, 2.24) is 5.32 Å². The van der Waals surface area contributed by atoms with Gasteiger partial charge >= 0.3 is 0 Å². The van der Waals surface area contributed by atoms with Crippen LogP contribution in [0.25, 0.3) is 0 Å². The first-order valence-corrected chi connectivity index (χ1v) is 6.79. The average molecular weight is 305 g/mol. The van der Waals surface area contributed by atoms with Gasteiger partial charge in [-0.15, -0.1) is 0 Å². The number of carbonyl (C=O) groups excluding carboxylic acids is 1. The molecular formula is C10H13BrN2O2S. The zero-order chi connectivity index (χ0) is 12.1. The molecule has 0 aromatic heterocycles. The van der Waals surface area contributed by atoms with Crippen molar-refractivity contribution in [2.24, 2.45) is 0 Å². The summed E-state index contributed by atoms with van der Waals surface area (Å²) < 4.78 is 12.7. The van der Waals surface area contributed by atoms with Gasteiger partial charge in [-0.3, -0.25) is 9.00 Å². The normalized spacial score (nSPS) is 12.1. The van der Waals surface area contributed by atoms with Gasteiger partial charge in [-0.1, -0.05) is 15.9 Å². The summed E-state index contributed by atoms with van der Waals surface area (Å²) in [5.41, 5.74) is 6.21. The highest BCUT2D eigenvalue weighted by Gasteiger charge is 2.10. The first-order valence-electron chi connectivity index (χ1n) is 4.68. The van der Waals surface area contributed by atoms with Crippen molar-refractivity contribution in [3.05, 3.63) is 22.7 Å². The molecular weight excluding hydrogens is 292 g/mol. The molecule has 0 aliphatic heterocycles. The van der Waals surface area contributed by atoms with Gasteiger partial charge in [-0.2, -0.15) is 0 Å². The van der Waals surface area contributed by atoms with E-state index in [2.05, 4.69) is 21.2 Å². The highest BCUT2D eigenvalue weighted by molar-refractivity contribution is 9.10. The molecule has 1 amide bonds. The Kier molecular flexibility index (Phi) is 4.95. The predicted molar refractivity (Wildman–Crippen MR) is 68.5 cm³/mol. The number of anilines is 1. The molecule has 3 N–H and O–H groups in total. The largest absolute Gasteiger partial charge is 0.398 e. The minimum absolute atomic E-state index is 0.121. The van der Waals surface area contributed by atoms with Crippen LogP contribution in [0.5, 0.6) is 0 Å². The molecule has 16 heavy (non-hydrogen) atoms. The molecule has 6 heteroatoms. The molecule has 0 aliphatic rings.